The van der Waals surface area contributed by atoms with E-state index in [0.717, 1.165) is 33.5 Å². The second-order valence-corrected chi connectivity index (χ2v) is 5.08. The number of hydrogen-bond acceptors (Lipinski definition) is 2. The second-order valence-electron chi connectivity index (χ2n) is 4.23. The number of rotatable bonds is 2. The number of benzene rings is 1. The van der Waals surface area contributed by atoms with Crippen molar-refractivity contribution < 1.29 is 0 Å². The highest BCUT2D eigenvalue weighted by atomic mass is 79.9. The molecule has 0 amide bonds. The van der Waals surface area contributed by atoms with Crippen molar-refractivity contribution in [3.05, 3.63) is 34.1 Å². The first-order chi connectivity index (χ1) is 8.19. The van der Waals surface area contributed by atoms with Crippen LogP contribution in [0.15, 0.2) is 22.8 Å². The van der Waals surface area contributed by atoms with Gasteiger partial charge < -0.3 is 10.3 Å². The predicted octanol–water partition coefficient (Wildman–Crippen LogP) is 2.61. The minimum absolute atomic E-state index is 0.817. The molecule has 0 unspecified atom stereocenters. The zero-order valence-corrected chi connectivity index (χ0v) is 11.3. The molecule has 4 nitrogen and oxygen atoms in total. The number of hydrogen-bond donors (Lipinski definition) is 2. The van der Waals surface area contributed by atoms with Crippen LogP contribution in [0.25, 0.3) is 16.8 Å². The molecule has 2 N–H and O–H groups in total. The smallest absolute Gasteiger partial charge is 0.212 e. The molecule has 2 heterocycles. The molecule has 3 rings (SSSR count). The second kappa shape index (κ2) is 3.85. The lowest BCUT2D eigenvalue weighted by Gasteiger charge is -1.97. The number of imidazole rings is 2. The van der Waals surface area contributed by atoms with Crippen molar-refractivity contribution in [2.75, 3.05) is 7.05 Å². The fraction of sp³-hybridized carbons (Fsp3) is 0.250. The van der Waals surface area contributed by atoms with E-state index in [9.17, 15) is 0 Å². The number of nitrogens with one attached hydrogen (secondary N) is 2. The summed E-state index contributed by atoms with van der Waals surface area (Å²) in [5, 5.41) is 3.12. The van der Waals surface area contributed by atoms with Crippen molar-refractivity contribution >= 4 is 32.7 Å². The Labute approximate surface area is 107 Å². The van der Waals surface area contributed by atoms with Gasteiger partial charge in [0.1, 0.15) is 5.52 Å². The number of aromatic amines is 1. The average molecular weight is 293 g/mol. The third-order valence-electron chi connectivity index (χ3n) is 2.82. The van der Waals surface area contributed by atoms with Crippen molar-refractivity contribution in [1.82, 2.24) is 19.7 Å². The molecule has 0 atom stereocenters. The van der Waals surface area contributed by atoms with Crippen LogP contribution in [0.4, 0.5) is 0 Å². The lowest BCUT2D eigenvalue weighted by Crippen LogP contribution is -2.04. The SMILES string of the molecule is CNCc1cn2c(nc3c(Br)cc(C)cc32)[nH]1. The highest BCUT2D eigenvalue weighted by molar-refractivity contribution is 9.10. The standard InChI is InChI=1S/C12H13BrN4/c1-7-3-9(13)11-10(4-7)17-6-8(5-14-2)15-12(17)16-11/h3-4,6,14H,5H2,1-2H3,(H,15,16). The lowest BCUT2D eigenvalue weighted by atomic mass is 10.2. The Balaban J connectivity index is 2.32. The minimum atomic E-state index is 0.817. The summed E-state index contributed by atoms with van der Waals surface area (Å²) in [6.07, 6.45) is 2.09. The van der Waals surface area contributed by atoms with Gasteiger partial charge in [-0.2, -0.15) is 0 Å². The van der Waals surface area contributed by atoms with Crippen LogP contribution in [0.5, 0.6) is 0 Å². The molecule has 0 saturated carbocycles. The Morgan fingerprint density at radius 2 is 2.29 bits per heavy atom. The van der Waals surface area contributed by atoms with E-state index in [1.807, 2.05) is 7.05 Å². The Hall–Kier alpha value is -1.33. The van der Waals surface area contributed by atoms with E-state index in [0.29, 0.717) is 0 Å². The van der Waals surface area contributed by atoms with Crippen LogP contribution in [0.3, 0.4) is 0 Å². The third-order valence-corrected chi connectivity index (χ3v) is 3.42. The first-order valence-corrected chi connectivity index (χ1v) is 6.29. The van der Waals surface area contributed by atoms with Crippen molar-refractivity contribution in [2.45, 2.75) is 13.5 Å². The van der Waals surface area contributed by atoms with Crippen molar-refractivity contribution in [1.29, 1.82) is 0 Å². The van der Waals surface area contributed by atoms with E-state index in [1.54, 1.807) is 0 Å². The fourth-order valence-corrected chi connectivity index (χ4v) is 2.77. The molecular formula is C12H13BrN4. The molecule has 0 spiro atoms. The van der Waals surface area contributed by atoms with Crippen molar-refractivity contribution in [2.24, 2.45) is 0 Å². The largest absolute Gasteiger partial charge is 0.326 e. The maximum Gasteiger partial charge on any atom is 0.212 e. The van der Waals surface area contributed by atoms with Gasteiger partial charge in [-0.1, -0.05) is 0 Å². The van der Waals surface area contributed by atoms with Crippen LogP contribution in [-0.2, 0) is 6.54 Å². The van der Waals surface area contributed by atoms with E-state index in [-0.39, 0.29) is 0 Å². The maximum atomic E-state index is 4.59. The molecule has 0 aliphatic carbocycles. The summed E-state index contributed by atoms with van der Waals surface area (Å²) >= 11 is 3.56. The highest BCUT2D eigenvalue weighted by Gasteiger charge is 2.10. The molecule has 0 radical (unpaired) electrons. The Morgan fingerprint density at radius 1 is 1.47 bits per heavy atom. The highest BCUT2D eigenvalue weighted by Crippen LogP contribution is 2.26. The molecule has 1 aromatic carbocycles. The van der Waals surface area contributed by atoms with Gasteiger partial charge in [-0.25, -0.2) is 4.98 Å². The summed E-state index contributed by atoms with van der Waals surface area (Å²) in [6.45, 7) is 2.91. The van der Waals surface area contributed by atoms with Gasteiger partial charge in [0, 0.05) is 22.9 Å². The van der Waals surface area contributed by atoms with Crippen molar-refractivity contribution in [3.63, 3.8) is 0 Å². The topological polar surface area (TPSA) is 45.1 Å². The summed E-state index contributed by atoms with van der Waals surface area (Å²) in [7, 11) is 1.93. The zero-order chi connectivity index (χ0) is 12.0. The normalized spacial score (nSPS) is 11.7. The maximum absolute atomic E-state index is 4.59. The number of H-pyrrole nitrogens is 1. The Morgan fingerprint density at radius 3 is 3.06 bits per heavy atom. The summed E-state index contributed by atoms with van der Waals surface area (Å²) in [6, 6.07) is 4.24. The lowest BCUT2D eigenvalue weighted by molar-refractivity contribution is 0.797. The summed E-state index contributed by atoms with van der Waals surface area (Å²) < 4.78 is 3.14. The van der Waals surface area contributed by atoms with Crippen LogP contribution < -0.4 is 5.32 Å². The fourth-order valence-electron chi connectivity index (χ4n) is 2.12. The van der Waals surface area contributed by atoms with E-state index < -0.39 is 0 Å². The monoisotopic (exact) mass is 292 g/mol. The quantitative estimate of drug-likeness (QED) is 0.763. The minimum Gasteiger partial charge on any atom is -0.326 e. The van der Waals surface area contributed by atoms with E-state index >= 15 is 0 Å². The van der Waals surface area contributed by atoms with E-state index in [4.69, 9.17) is 0 Å². The van der Waals surface area contributed by atoms with Gasteiger partial charge in [0.05, 0.1) is 5.52 Å². The van der Waals surface area contributed by atoms with Crippen molar-refractivity contribution in [3.8, 4) is 0 Å². The van der Waals surface area contributed by atoms with Crippen LogP contribution in [0, 0.1) is 6.92 Å². The number of aryl methyl sites for hydroxylation is 1. The molecule has 3 aromatic rings. The molecule has 0 aliphatic heterocycles. The van der Waals surface area contributed by atoms with E-state index in [1.165, 1.54) is 5.56 Å². The Bertz CT molecular complexity index is 695. The molecule has 0 aliphatic rings. The van der Waals surface area contributed by atoms with Gasteiger partial charge in [-0.15, -0.1) is 0 Å². The van der Waals surface area contributed by atoms with E-state index in [2.05, 4.69) is 60.9 Å². The van der Waals surface area contributed by atoms with Crippen LogP contribution >= 0.6 is 15.9 Å². The zero-order valence-electron chi connectivity index (χ0n) is 9.71. The predicted molar refractivity (Wildman–Crippen MR) is 72.2 cm³/mol. The molecule has 5 heteroatoms. The van der Waals surface area contributed by atoms with Gasteiger partial charge in [0.2, 0.25) is 5.78 Å². The molecule has 0 bridgehead atoms. The number of aromatic nitrogens is 3. The molecular weight excluding hydrogens is 280 g/mol. The van der Waals surface area contributed by atoms with Crippen LogP contribution in [0.1, 0.15) is 11.3 Å². The molecule has 0 saturated heterocycles. The average Bonchev–Trinajstić information content (AvgIpc) is 2.77. The summed E-state index contributed by atoms with van der Waals surface area (Å²) in [5.74, 6) is 0.886. The number of fused-ring (bicyclic) bond motifs is 3. The Kier molecular flexibility index (Phi) is 2.45. The van der Waals surface area contributed by atoms with Gasteiger partial charge in [0.25, 0.3) is 0 Å². The first-order valence-electron chi connectivity index (χ1n) is 5.49. The van der Waals surface area contributed by atoms with Gasteiger partial charge in [0.15, 0.2) is 0 Å². The molecule has 0 fully saturated rings. The van der Waals surface area contributed by atoms with Crippen LogP contribution in [0.2, 0.25) is 0 Å². The first kappa shape index (κ1) is 10.8. The van der Waals surface area contributed by atoms with Gasteiger partial charge in [-0.3, -0.25) is 4.40 Å². The van der Waals surface area contributed by atoms with Gasteiger partial charge in [-0.05, 0) is 47.6 Å². The van der Waals surface area contributed by atoms with Gasteiger partial charge >= 0.3 is 0 Å². The number of nitrogens with zero attached hydrogens (tertiary/aromatic N) is 2. The summed E-state index contributed by atoms with van der Waals surface area (Å²) in [4.78, 5) is 7.89. The molecule has 17 heavy (non-hydrogen) atoms. The molecule has 88 valence electrons. The number of halogens is 1. The third kappa shape index (κ3) is 1.66. The van der Waals surface area contributed by atoms with Crippen LogP contribution in [-0.4, -0.2) is 21.4 Å². The molecule has 2 aromatic heterocycles. The summed E-state index contributed by atoms with van der Waals surface area (Å²) in [5.41, 5.74) is 4.49.